The van der Waals surface area contributed by atoms with E-state index in [1.54, 1.807) is 19.1 Å². The Bertz CT molecular complexity index is 539. The van der Waals surface area contributed by atoms with Crippen LogP contribution in [0.25, 0.3) is 0 Å². The number of nitrogens with one attached hydrogen (secondary N) is 1. The van der Waals surface area contributed by atoms with Crippen LogP contribution in [-0.4, -0.2) is 24.0 Å². The highest BCUT2D eigenvalue weighted by molar-refractivity contribution is 5.84. The van der Waals surface area contributed by atoms with E-state index >= 15 is 0 Å². The SMILES string of the molecule is C[C@@H](OC(=O)Cc1ccccc1F)C(=O)NC1CCCCCC1. The second kappa shape index (κ2) is 8.65. The number of carbonyl (C=O) groups excluding carboxylic acids is 2. The van der Waals surface area contributed by atoms with Gasteiger partial charge in [-0.15, -0.1) is 0 Å². The van der Waals surface area contributed by atoms with Crippen LogP contribution in [0.15, 0.2) is 24.3 Å². The summed E-state index contributed by atoms with van der Waals surface area (Å²) in [7, 11) is 0. The number of esters is 1. The molecule has 126 valence electrons. The maximum absolute atomic E-state index is 13.5. The monoisotopic (exact) mass is 321 g/mol. The average Bonchev–Trinajstić information content (AvgIpc) is 2.78. The van der Waals surface area contributed by atoms with Gasteiger partial charge >= 0.3 is 5.97 Å². The first-order valence-corrected chi connectivity index (χ1v) is 8.29. The number of amides is 1. The molecule has 5 heteroatoms. The van der Waals surface area contributed by atoms with Crippen LogP contribution in [-0.2, 0) is 20.7 Å². The van der Waals surface area contributed by atoms with Gasteiger partial charge in [0.05, 0.1) is 6.42 Å². The summed E-state index contributed by atoms with van der Waals surface area (Å²) in [6.07, 6.45) is 5.56. The Morgan fingerprint density at radius 1 is 1.22 bits per heavy atom. The minimum Gasteiger partial charge on any atom is -0.452 e. The van der Waals surface area contributed by atoms with E-state index in [1.807, 2.05) is 0 Å². The molecule has 0 aliphatic heterocycles. The van der Waals surface area contributed by atoms with Gasteiger partial charge in [-0.25, -0.2) is 4.39 Å². The lowest BCUT2D eigenvalue weighted by atomic mass is 10.1. The van der Waals surface area contributed by atoms with Crippen molar-refractivity contribution in [1.29, 1.82) is 0 Å². The summed E-state index contributed by atoms with van der Waals surface area (Å²) < 4.78 is 18.6. The molecule has 0 spiro atoms. The Hall–Kier alpha value is -1.91. The smallest absolute Gasteiger partial charge is 0.311 e. The molecule has 0 heterocycles. The maximum Gasteiger partial charge on any atom is 0.311 e. The first-order valence-electron chi connectivity index (χ1n) is 8.29. The highest BCUT2D eigenvalue weighted by Crippen LogP contribution is 2.17. The molecule has 0 saturated heterocycles. The highest BCUT2D eigenvalue weighted by atomic mass is 19.1. The minimum absolute atomic E-state index is 0.165. The van der Waals surface area contributed by atoms with Crippen molar-refractivity contribution in [3.63, 3.8) is 0 Å². The summed E-state index contributed by atoms with van der Waals surface area (Å²) in [5.74, 6) is -1.32. The average molecular weight is 321 g/mol. The number of hydrogen-bond acceptors (Lipinski definition) is 3. The van der Waals surface area contributed by atoms with Gasteiger partial charge in [0, 0.05) is 6.04 Å². The third-order valence-electron chi connectivity index (χ3n) is 4.17. The number of benzene rings is 1. The molecule has 0 bridgehead atoms. The summed E-state index contributed by atoms with van der Waals surface area (Å²) in [5, 5.41) is 2.95. The van der Waals surface area contributed by atoms with Crippen molar-refractivity contribution in [2.45, 2.75) is 64.0 Å². The molecule has 2 rings (SSSR count). The molecule has 1 aliphatic rings. The molecule has 1 fully saturated rings. The Kier molecular flexibility index (Phi) is 6.56. The van der Waals surface area contributed by atoms with E-state index in [0.717, 1.165) is 25.7 Å². The number of carbonyl (C=O) groups is 2. The van der Waals surface area contributed by atoms with E-state index in [1.165, 1.54) is 25.0 Å². The molecule has 1 atom stereocenters. The summed E-state index contributed by atoms with van der Waals surface area (Å²) in [6.45, 7) is 1.55. The molecular formula is C18H24FNO3. The standard InChI is InChI=1S/C18H24FNO3/c1-13(18(22)20-15-9-4-2-3-5-10-15)23-17(21)12-14-8-6-7-11-16(14)19/h6-8,11,13,15H,2-5,9-10,12H2,1H3,(H,20,22)/t13-/m1/s1. The quantitative estimate of drug-likeness (QED) is 0.669. The number of ether oxygens (including phenoxy) is 1. The van der Waals surface area contributed by atoms with Crippen LogP contribution >= 0.6 is 0 Å². The van der Waals surface area contributed by atoms with Gasteiger partial charge in [-0.2, -0.15) is 0 Å². The summed E-state index contributed by atoms with van der Waals surface area (Å²) >= 11 is 0. The molecule has 0 aromatic heterocycles. The molecule has 1 aliphatic carbocycles. The summed E-state index contributed by atoms with van der Waals surface area (Å²) in [6, 6.07) is 6.22. The first-order chi connectivity index (χ1) is 11.1. The van der Waals surface area contributed by atoms with Crippen molar-refractivity contribution in [2.24, 2.45) is 0 Å². The zero-order valence-corrected chi connectivity index (χ0v) is 13.5. The van der Waals surface area contributed by atoms with Gasteiger partial charge in [0.2, 0.25) is 0 Å². The largest absolute Gasteiger partial charge is 0.452 e. The Labute approximate surface area is 136 Å². The topological polar surface area (TPSA) is 55.4 Å². The Morgan fingerprint density at radius 3 is 2.52 bits per heavy atom. The van der Waals surface area contributed by atoms with Crippen LogP contribution < -0.4 is 5.32 Å². The lowest BCUT2D eigenvalue weighted by molar-refractivity contribution is -0.154. The lowest BCUT2D eigenvalue weighted by Gasteiger charge is -2.19. The lowest BCUT2D eigenvalue weighted by Crippen LogP contribution is -2.42. The Balaban J connectivity index is 1.80. The fourth-order valence-corrected chi connectivity index (χ4v) is 2.83. The zero-order valence-electron chi connectivity index (χ0n) is 13.5. The van der Waals surface area contributed by atoms with E-state index in [2.05, 4.69) is 5.32 Å². The summed E-state index contributed by atoms with van der Waals surface area (Å²) in [4.78, 5) is 24.0. The van der Waals surface area contributed by atoms with Crippen LogP contribution in [0.4, 0.5) is 4.39 Å². The molecule has 23 heavy (non-hydrogen) atoms. The highest BCUT2D eigenvalue weighted by Gasteiger charge is 2.22. The van der Waals surface area contributed by atoms with Crippen LogP contribution in [0.2, 0.25) is 0 Å². The van der Waals surface area contributed by atoms with E-state index in [-0.39, 0.29) is 23.9 Å². The molecule has 1 N–H and O–H groups in total. The maximum atomic E-state index is 13.5. The van der Waals surface area contributed by atoms with Gasteiger partial charge in [0.25, 0.3) is 5.91 Å². The molecular weight excluding hydrogens is 297 g/mol. The summed E-state index contributed by atoms with van der Waals surface area (Å²) in [5.41, 5.74) is 0.272. The van der Waals surface area contributed by atoms with Crippen molar-refractivity contribution in [1.82, 2.24) is 5.32 Å². The van der Waals surface area contributed by atoms with Crippen LogP contribution in [0.5, 0.6) is 0 Å². The van der Waals surface area contributed by atoms with Gasteiger partial charge in [-0.1, -0.05) is 43.9 Å². The second-order valence-corrected chi connectivity index (χ2v) is 6.10. The number of rotatable bonds is 5. The van der Waals surface area contributed by atoms with Crippen molar-refractivity contribution in [3.05, 3.63) is 35.6 Å². The first kappa shape index (κ1) is 17.4. The van der Waals surface area contributed by atoms with E-state index in [4.69, 9.17) is 4.74 Å². The van der Waals surface area contributed by atoms with Gasteiger partial charge < -0.3 is 10.1 Å². The molecule has 0 unspecified atom stereocenters. The van der Waals surface area contributed by atoms with Crippen molar-refractivity contribution in [3.8, 4) is 0 Å². The van der Waals surface area contributed by atoms with Crippen molar-refractivity contribution in [2.75, 3.05) is 0 Å². The number of hydrogen-bond donors (Lipinski definition) is 1. The predicted molar refractivity (Wildman–Crippen MR) is 85.3 cm³/mol. The van der Waals surface area contributed by atoms with Crippen LogP contribution in [0.3, 0.4) is 0 Å². The van der Waals surface area contributed by atoms with E-state index < -0.39 is 17.9 Å². The fraction of sp³-hybridized carbons (Fsp3) is 0.556. The van der Waals surface area contributed by atoms with Gasteiger partial charge in [0.1, 0.15) is 5.82 Å². The van der Waals surface area contributed by atoms with Crippen molar-refractivity contribution < 1.29 is 18.7 Å². The normalized spacial score (nSPS) is 17.1. The zero-order chi connectivity index (χ0) is 16.7. The molecule has 1 saturated carbocycles. The van der Waals surface area contributed by atoms with E-state index in [9.17, 15) is 14.0 Å². The third-order valence-corrected chi connectivity index (χ3v) is 4.17. The predicted octanol–water partition coefficient (Wildman–Crippen LogP) is 3.14. The molecule has 1 amide bonds. The minimum atomic E-state index is -0.863. The molecule has 1 aromatic rings. The fourth-order valence-electron chi connectivity index (χ4n) is 2.83. The second-order valence-electron chi connectivity index (χ2n) is 6.10. The number of halogens is 1. The van der Waals surface area contributed by atoms with Crippen LogP contribution in [0, 0.1) is 5.82 Å². The van der Waals surface area contributed by atoms with Gasteiger partial charge in [-0.3, -0.25) is 9.59 Å². The van der Waals surface area contributed by atoms with E-state index in [0.29, 0.717) is 0 Å². The Morgan fingerprint density at radius 2 is 1.87 bits per heavy atom. The van der Waals surface area contributed by atoms with Gasteiger partial charge in [0.15, 0.2) is 6.10 Å². The van der Waals surface area contributed by atoms with Gasteiger partial charge in [-0.05, 0) is 31.4 Å². The molecule has 0 radical (unpaired) electrons. The van der Waals surface area contributed by atoms with Crippen molar-refractivity contribution >= 4 is 11.9 Å². The molecule has 4 nitrogen and oxygen atoms in total. The molecule has 1 aromatic carbocycles. The van der Waals surface area contributed by atoms with Crippen LogP contribution in [0.1, 0.15) is 51.0 Å². The third kappa shape index (κ3) is 5.66.